The zero-order chi connectivity index (χ0) is 15.0. The van der Waals surface area contributed by atoms with E-state index in [1.54, 1.807) is 0 Å². The Morgan fingerprint density at radius 3 is 2.90 bits per heavy atom. The van der Waals surface area contributed by atoms with Crippen LogP contribution in [0.3, 0.4) is 0 Å². The van der Waals surface area contributed by atoms with E-state index in [-0.39, 0.29) is 5.41 Å². The van der Waals surface area contributed by atoms with Crippen LogP contribution in [0.25, 0.3) is 11.0 Å². The van der Waals surface area contributed by atoms with Crippen molar-refractivity contribution in [1.82, 2.24) is 14.1 Å². The largest absolute Gasteiger partial charge is 0.367 e. The number of rotatable bonds is 1. The Bertz CT molecular complexity index is 634. The van der Waals surface area contributed by atoms with Gasteiger partial charge in [-0.1, -0.05) is 32.4 Å². The summed E-state index contributed by atoms with van der Waals surface area (Å²) >= 11 is 7.73. The van der Waals surface area contributed by atoms with Gasteiger partial charge >= 0.3 is 0 Å². The monoisotopic (exact) mass is 324 g/mol. The van der Waals surface area contributed by atoms with Crippen molar-refractivity contribution in [2.75, 3.05) is 24.5 Å². The van der Waals surface area contributed by atoms with Crippen LogP contribution in [0.2, 0.25) is 5.02 Å². The number of benzene rings is 1. The summed E-state index contributed by atoms with van der Waals surface area (Å²) < 4.78 is 8.79. The van der Waals surface area contributed by atoms with Crippen LogP contribution in [0.4, 0.5) is 5.69 Å². The van der Waals surface area contributed by atoms with Crippen molar-refractivity contribution in [3.63, 3.8) is 0 Å². The maximum absolute atomic E-state index is 6.48. The zero-order valence-electron chi connectivity index (χ0n) is 12.7. The van der Waals surface area contributed by atoms with Crippen LogP contribution in [-0.4, -0.2) is 34.4 Å². The molecule has 3 rings (SSSR count). The van der Waals surface area contributed by atoms with Gasteiger partial charge in [-0.05, 0) is 30.5 Å². The number of halogens is 1. The topological polar surface area (TPSA) is 41.1 Å². The first-order valence-electron chi connectivity index (χ1n) is 7.36. The Labute approximate surface area is 134 Å². The van der Waals surface area contributed by atoms with Crippen LogP contribution in [0.5, 0.6) is 0 Å². The van der Waals surface area contributed by atoms with Gasteiger partial charge in [-0.25, -0.2) is 0 Å². The van der Waals surface area contributed by atoms with Gasteiger partial charge in [0.05, 0.1) is 22.4 Å². The highest BCUT2D eigenvalue weighted by Crippen LogP contribution is 2.35. The lowest BCUT2D eigenvalue weighted by Crippen LogP contribution is -2.46. The Balaban J connectivity index is 2.00. The molecule has 4 nitrogen and oxygen atoms in total. The quantitative estimate of drug-likeness (QED) is 0.871. The minimum Gasteiger partial charge on any atom is -0.367 e. The van der Waals surface area contributed by atoms with Crippen molar-refractivity contribution < 1.29 is 0 Å². The van der Waals surface area contributed by atoms with E-state index in [4.69, 9.17) is 11.6 Å². The second kappa shape index (κ2) is 5.71. The lowest BCUT2D eigenvalue weighted by molar-refractivity contribution is 0.280. The summed E-state index contributed by atoms with van der Waals surface area (Å²) in [7, 11) is 0. The van der Waals surface area contributed by atoms with Crippen LogP contribution in [0.1, 0.15) is 27.2 Å². The minimum absolute atomic E-state index is 0.212. The lowest BCUT2D eigenvalue weighted by atomic mass is 9.86. The van der Waals surface area contributed by atoms with Gasteiger partial charge in [0.25, 0.3) is 0 Å². The predicted molar refractivity (Wildman–Crippen MR) is 90.5 cm³/mol. The van der Waals surface area contributed by atoms with E-state index in [1.165, 1.54) is 11.7 Å². The molecule has 1 fully saturated rings. The van der Waals surface area contributed by atoms with E-state index in [1.807, 2.05) is 12.1 Å². The molecule has 0 spiro atoms. The summed E-state index contributed by atoms with van der Waals surface area (Å²) in [6.45, 7) is 9.82. The number of anilines is 1. The first-order chi connectivity index (χ1) is 9.97. The van der Waals surface area contributed by atoms with E-state index in [2.05, 4.69) is 39.7 Å². The number of hydrogen-bond donors (Lipinski definition) is 1. The standard InChI is InChI=1S/C15H21ClN4S/c1-15(2,3)12-9-20(8-4-7-17-12)14-10(16)5-6-11-13(14)19-21-18-11/h5-6,12,17H,4,7-9H2,1-3H3. The summed E-state index contributed by atoms with van der Waals surface area (Å²) in [6.07, 6.45) is 1.11. The van der Waals surface area contributed by atoms with Gasteiger partial charge in [-0.3, -0.25) is 0 Å². The maximum atomic E-state index is 6.48. The Kier molecular flexibility index (Phi) is 4.08. The lowest BCUT2D eigenvalue weighted by Gasteiger charge is -2.34. The molecule has 0 aliphatic carbocycles. The Morgan fingerprint density at radius 2 is 2.14 bits per heavy atom. The minimum atomic E-state index is 0.212. The molecule has 1 atom stereocenters. The highest BCUT2D eigenvalue weighted by molar-refractivity contribution is 7.00. The van der Waals surface area contributed by atoms with Gasteiger partial charge in [0.1, 0.15) is 11.0 Å². The molecule has 1 aliphatic rings. The van der Waals surface area contributed by atoms with Crippen LogP contribution < -0.4 is 10.2 Å². The van der Waals surface area contributed by atoms with Crippen LogP contribution >= 0.6 is 23.3 Å². The highest BCUT2D eigenvalue weighted by Gasteiger charge is 2.29. The molecule has 2 aromatic rings. The number of hydrogen-bond acceptors (Lipinski definition) is 5. The molecule has 0 bridgehead atoms. The van der Waals surface area contributed by atoms with Gasteiger partial charge in [-0.15, -0.1) is 0 Å². The SMILES string of the molecule is CC(C)(C)C1CN(c2c(Cl)ccc3nsnc23)CCCN1. The first kappa shape index (κ1) is 15.0. The molecule has 1 aromatic heterocycles. The smallest absolute Gasteiger partial charge is 0.129 e. The van der Waals surface area contributed by atoms with Gasteiger partial charge in [0.15, 0.2) is 0 Å². The van der Waals surface area contributed by atoms with E-state index in [0.717, 1.165) is 47.8 Å². The van der Waals surface area contributed by atoms with E-state index in [0.29, 0.717) is 6.04 Å². The van der Waals surface area contributed by atoms with E-state index >= 15 is 0 Å². The summed E-state index contributed by atoms with van der Waals surface area (Å²) in [5.41, 5.74) is 3.12. The van der Waals surface area contributed by atoms with Crippen LogP contribution in [-0.2, 0) is 0 Å². The molecule has 0 radical (unpaired) electrons. The summed E-state index contributed by atoms with van der Waals surface area (Å²) in [5, 5.41) is 4.43. The van der Waals surface area contributed by atoms with Gasteiger partial charge < -0.3 is 10.2 Å². The van der Waals surface area contributed by atoms with Crippen molar-refractivity contribution in [2.45, 2.75) is 33.2 Å². The fraction of sp³-hybridized carbons (Fsp3) is 0.600. The zero-order valence-corrected chi connectivity index (χ0v) is 14.3. The third-order valence-electron chi connectivity index (χ3n) is 4.11. The average Bonchev–Trinajstić information content (AvgIpc) is 2.73. The summed E-state index contributed by atoms with van der Waals surface area (Å²) in [5.74, 6) is 0. The first-order valence-corrected chi connectivity index (χ1v) is 8.47. The van der Waals surface area contributed by atoms with Gasteiger partial charge in [-0.2, -0.15) is 8.75 Å². The predicted octanol–water partition coefficient (Wildman–Crippen LogP) is 3.56. The molecule has 1 unspecified atom stereocenters. The van der Waals surface area contributed by atoms with Crippen molar-refractivity contribution in [2.24, 2.45) is 5.41 Å². The average molecular weight is 325 g/mol. The molecule has 2 heterocycles. The molecule has 1 saturated heterocycles. The molecule has 114 valence electrons. The number of nitrogens with zero attached hydrogens (tertiary/aromatic N) is 3. The molecule has 1 aromatic carbocycles. The van der Waals surface area contributed by atoms with Crippen LogP contribution in [0, 0.1) is 5.41 Å². The Morgan fingerprint density at radius 1 is 1.33 bits per heavy atom. The molecule has 1 aliphatic heterocycles. The van der Waals surface area contributed by atoms with Gasteiger partial charge in [0, 0.05) is 19.1 Å². The molecule has 0 amide bonds. The van der Waals surface area contributed by atoms with E-state index in [9.17, 15) is 0 Å². The Hall–Kier alpha value is -0.910. The van der Waals surface area contributed by atoms with Crippen molar-refractivity contribution in [3.8, 4) is 0 Å². The van der Waals surface area contributed by atoms with Crippen molar-refractivity contribution in [3.05, 3.63) is 17.2 Å². The molecule has 21 heavy (non-hydrogen) atoms. The fourth-order valence-corrected chi connectivity index (χ4v) is 3.63. The fourth-order valence-electron chi connectivity index (χ4n) is 2.82. The molecule has 1 N–H and O–H groups in total. The van der Waals surface area contributed by atoms with Gasteiger partial charge in [0.2, 0.25) is 0 Å². The second-order valence-electron chi connectivity index (χ2n) is 6.70. The number of nitrogens with one attached hydrogen (secondary N) is 1. The second-order valence-corrected chi connectivity index (χ2v) is 7.64. The third-order valence-corrected chi connectivity index (χ3v) is 4.96. The molecular weight excluding hydrogens is 304 g/mol. The van der Waals surface area contributed by atoms with Crippen molar-refractivity contribution >= 4 is 40.0 Å². The maximum Gasteiger partial charge on any atom is 0.129 e. The molecular formula is C15H21ClN4S. The third kappa shape index (κ3) is 3.00. The van der Waals surface area contributed by atoms with Crippen molar-refractivity contribution in [1.29, 1.82) is 0 Å². The normalized spacial score (nSPS) is 20.8. The van der Waals surface area contributed by atoms with E-state index < -0.39 is 0 Å². The molecule has 6 heteroatoms. The number of fused-ring (bicyclic) bond motifs is 1. The molecule has 0 saturated carbocycles. The summed E-state index contributed by atoms with van der Waals surface area (Å²) in [4.78, 5) is 2.38. The summed E-state index contributed by atoms with van der Waals surface area (Å²) in [6, 6.07) is 4.31. The van der Waals surface area contributed by atoms with Crippen LogP contribution in [0.15, 0.2) is 12.1 Å². The highest BCUT2D eigenvalue weighted by atomic mass is 35.5. The number of aromatic nitrogens is 2.